The van der Waals surface area contributed by atoms with Crippen molar-refractivity contribution in [3.63, 3.8) is 0 Å². The molecule has 4 heteroatoms. The van der Waals surface area contributed by atoms with E-state index in [2.05, 4.69) is 4.98 Å². The van der Waals surface area contributed by atoms with Gasteiger partial charge in [-0.25, -0.2) is 4.98 Å². The molecule has 0 radical (unpaired) electrons. The molecule has 0 aliphatic rings. The van der Waals surface area contributed by atoms with Crippen LogP contribution in [0.2, 0.25) is 0 Å². The molecule has 0 atom stereocenters. The fourth-order valence-electron chi connectivity index (χ4n) is 1.43. The molecule has 0 fully saturated rings. The van der Waals surface area contributed by atoms with Crippen LogP contribution in [0, 0.1) is 18.3 Å². The number of hydrogen-bond donors (Lipinski definition) is 0. The Kier molecular flexibility index (Phi) is 4.46. The largest absolute Gasteiger partial charge is 0.324 e. The predicted molar refractivity (Wildman–Crippen MR) is 60.8 cm³/mol. The standard InChI is InChI=1S/C12H15N3O/c1-3-8-15(9-7-13)12(16)11-6-4-5-10(2)14-11/h4-6H,3,8-9H2,1-2H3. The molecular weight excluding hydrogens is 202 g/mol. The average Bonchev–Trinajstić information content (AvgIpc) is 2.28. The minimum Gasteiger partial charge on any atom is -0.324 e. The molecule has 1 heterocycles. The highest BCUT2D eigenvalue weighted by Crippen LogP contribution is 2.04. The van der Waals surface area contributed by atoms with Gasteiger partial charge in [-0.2, -0.15) is 5.26 Å². The number of carbonyl (C=O) groups is 1. The van der Waals surface area contributed by atoms with Gasteiger partial charge in [-0.05, 0) is 25.5 Å². The van der Waals surface area contributed by atoms with E-state index in [1.165, 1.54) is 4.90 Å². The number of pyridine rings is 1. The highest BCUT2D eigenvalue weighted by Gasteiger charge is 2.15. The van der Waals surface area contributed by atoms with Gasteiger partial charge in [-0.15, -0.1) is 0 Å². The van der Waals surface area contributed by atoms with Crippen molar-refractivity contribution in [2.75, 3.05) is 13.1 Å². The Balaban J connectivity index is 2.86. The molecule has 0 aromatic carbocycles. The maximum absolute atomic E-state index is 12.0. The van der Waals surface area contributed by atoms with Gasteiger partial charge >= 0.3 is 0 Å². The molecule has 1 amide bonds. The summed E-state index contributed by atoms with van der Waals surface area (Å²) in [5, 5.41) is 8.65. The third kappa shape index (κ3) is 3.06. The number of aromatic nitrogens is 1. The summed E-state index contributed by atoms with van der Waals surface area (Å²) in [6.45, 7) is 4.51. The van der Waals surface area contributed by atoms with Crippen LogP contribution in [0.1, 0.15) is 29.5 Å². The molecule has 0 bridgehead atoms. The minimum absolute atomic E-state index is 0.113. The van der Waals surface area contributed by atoms with Crippen molar-refractivity contribution in [2.24, 2.45) is 0 Å². The van der Waals surface area contributed by atoms with Gasteiger partial charge in [-0.3, -0.25) is 4.79 Å². The van der Waals surface area contributed by atoms with Crippen molar-refractivity contribution < 1.29 is 4.79 Å². The Morgan fingerprint density at radius 2 is 2.31 bits per heavy atom. The summed E-state index contributed by atoms with van der Waals surface area (Å²) >= 11 is 0. The van der Waals surface area contributed by atoms with E-state index in [-0.39, 0.29) is 12.5 Å². The first-order chi connectivity index (χ1) is 7.69. The van der Waals surface area contributed by atoms with E-state index in [9.17, 15) is 4.79 Å². The normalized spacial score (nSPS) is 9.56. The third-order valence-corrected chi connectivity index (χ3v) is 2.15. The lowest BCUT2D eigenvalue weighted by molar-refractivity contribution is 0.0770. The van der Waals surface area contributed by atoms with Crippen LogP contribution >= 0.6 is 0 Å². The number of hydrogen-bond acceptors (Lipinski definition) is 3. The summed E-state index contributed by atoms with van der Waals surface area (Å²) in [7, 11) is 0. The van der Waals surface area contributed by atoms with Gasteiger partial charge < -0.3 is 4.90 Å². The van der Waals surface area contributed by atoms with Crippen molar-refractivity contribution in [2.45, 2.75) is 20.3 Å². The van der Waals surface area contributed by atoms with Crippen LogP contribution in [0.4, 0.5) is 0 Å². The zero-order valence-corrected chi connectivity index (χ0v) is 9.60. The number of nitrogens with zero attached hydrogens (tertiary/aromatic N) is 3. The SMILES string of the molecule is CCCN(CC#N)C(=O)c1cccc(C)n1. The van der Waals surface area contributed by atoms with Gasteiger partial charge in [0.05, 0.1) is 6.07 Å². The van der Waals surface area contributed by atoms with Gasteiger partial charge in [0.1, 0.15) is 12.2 Å². The lowest BCUT2D eigenvalue weighted by Crippen LogP contribution is -2.32. The number of rotatable bonds is 4. The van der Waals surface area contributed by atoms with Gasteiger partial charge in [-0.1, -0.05) is 13.0 Å². The lowest BCUT2D eigenvalue weighted by atomic mass is 10.2. The molecule has 0 aliphatic heterocycles. The van der Waals surface area contributed by atoms with E-state index >= 15 is 0 Å². The number of aryl methyl sites for hydroxylation is 1. The van der Waals surface area contributed by atoms with Crippen molar-refractivity contribution >= 4 is 5.91 Å². The molecule has 0 unspecified atom stereocenters. The third-order valence-electron chi connectivity index (χ3n) is 2.15. The summed E-state index contributed by atoms with van der Waals surface area (Å²) in [6, 6.07) is 7.31. The topological polar surface area (TPSA) is 57.0 Å². The van der Waals surface area contributed by atoms with Gasteiger partial charge in [0.2, 0.25) is 0 Å². The van der Waals surface area contributed by atoms with Crippen LogP contribution < -0.4 is 0 Å². The van der Waals surface area contributed by atoms with Crippen molar-refractivity contribution in [3.05, 3.63) is 29.6 Å². The minimum atomic E-state index is -0.174. The molecule has 1 aromatic heterocycles. The Bertz CT molecular complexity index is 409. The molecule has 0 spiro atoms. The number of nitriles is 1. The van der Waals surface area contributed by atoms with Crippen LogP contribution in [0.25, 0.3) is 0 Å². The Morgan fingerprint density at radius 3 is 2.88 bits per heavy atom. The summed E-state index contributed by atoms with van der Waals surface area (Å²) in [5.41, 5.74) is 1.21. The van der Waals surface area contributed by atoms with Gasteiger partial charge in [0, 0.05) is 12.2 Å². The fraction of sp³-hybridized carbons (Fsp3) is 0.417. The van der Waals surface area contributed by atoms with E-state index in [1.807, 2.05) is 26.0 Å². The highest BCUT2D eigenvalue weighted by molar-refractivity contribution is 5.92. The van der Waals surface area contributed by atoms with Gasteiger partial charge in [0.15, 0.2) is 0 Å². The Labute approximate surface area is 95.5 Å². The molecule has 1 aromatic rings. The first kappa shape index (κ1) is 12.2. The molecule has 0 saturated carbocycles. The lowest BCUT2D eigenvalue weighted by Gasteiger charge is -2.18. The first-order valence-corrected chi connectivity index (χ1v) is 5.29. The monoisotopic (exact) mass is 217 g/mol. The van der Waals surface area contributed by atoms with E-state index in [0.29, 0.717) is 12.2 Å². The van der Waals surface area contributed by atoms with Crippen molar-refractivity contribution in [1.29, 1.82) is 5.26 Å². The number of amides is 1. The summed E-state index contributed by atoms with van der Waals surface area (Å²) < 4.78 is 0. The summed E-state index contributed by atoms with van der Waals surface area (Å²) in [4.78, 5) is 17.7. The fourth-order valence-corrected chi connectivity index (χ4v) is 1.43. The quantitative estimate of drug-likeness (QED) is 0.722. The molecule has 84 valence electrons. The second kappa shape index (κ2) is 5.86. The first-order valence-electron chi connectivity index (χ1n) is 5.29. The molecular formula is C12H15N3O. The van der Waals surface area contributed by atoms with Crippen molar-refractivity contribution in [1.82, 2.24) is 9.88 Å². The molecule has 4 nitrogen and oxygen atoms in total. The van der Waals surface area contributed by atoms with Crippen LogP contribution in [-0.4, -0.2) is 28.9 Å². The second-order valence-electron chi connectivity index (χ2n) is 3.55. The maximum atomic E-state index is 12.0. The van der Waals surface area contributed by atoms with Crippen molar-refractivity contribution in [3.8, 4) is 6.07 Å². The zero-order chi connectivity index (χ0) is 12.0. The Morgan fingerprint density at radius 1 is 1.56 bits per heavy atom. The van der Waals surface area contributed by atoms with Crippen LogP contribution in [0.3, 0.4) is 0 Å². The van der Waals surface area contributed by atoms with E-state index in [4.69, 9.17) is 5.26 Å². The maximum Gasteiger partial charge on any atom is 0.273 e. The molecule has 0 N–H and O–H groups in total. The van der Waals surface area contributed by atoms with E-state index in [0.717, 1.165) is 12.1 Å². The van der Waals surface area contributed by atoms with Crippen LogP contribution in [-0.2, 0) is 0 Å². The molecule has 1 rings (SSSR count). The van der Waals surface area contributed by atoms with E-state index in [1.54, 1.807) is 12.1 Å². The molecule has 0 aliphatic carbocycles. The zero-order valence-electron chi connectivity index (χ0n) is 9.60. The molecule has 16 heavy (non-hydrogen) atoms. The summed E-state index contributed by atoms with van der Waals surface area (Å²) in [5.74, 6) is -0.174. The molecule has 0 saturated heterocycles. The highest BCUT2D eigenvalue weighted by atomic mass is 16.2. The Hall–Kier alpha value is -1.89. The average molecular weight is 217 g/mol. The predicted octanol–water partition coefficient (Wildman–Crippen LogP) is 1.77. The van der Waals surface area contributed by atoms with Crippen LogP contribution in [0.15, 0.2) is 18.2 Å². The number of carbonyl (C=O) groups excluding carboxylic acids is 1. The summed E-state index contributed by atoms with van der Waals surface area (Å²) in [6.07, 6.45) is 0.833. The van der Waals surface area contributed by atoms with Crippen LogP contribution in [0.5, 0.6) is 0 Å². The second-order valence-corrected chi connectivity index (χ2v) is 3.55. The van der Waals surface area contributed by atoms with Gasteiger partial charge in [0.25, 0.3) is 5.91 Å². The van der Waals surface area contributed by atoms with E-state index < -0.39 is 0 Å². The smallest absolute Gasteiger partial charge is 0.273 e.